The summed E-state index contributed by atoms with van der Waals surface area (Å²) >= 11 is 0. The average Bonchev–Trinajstić information content (AvgIpc) is 2.58. The van der Waals surface area contributed by atoms with Gasteiger partial charge >= 0.3 is 5.82 Å². The number of hydrogen-bond donors (Lipinski definition) is 0. The third kappa shape index (κ3) is 3.10. The van der Waals surface area contributed by atoms with Crippen molar-refractivity contribution in [2.24, 2.45) is 5.92 Å². The molecule has 0 heterocycles. The molecule has 2 rings (SSSR count). The molecule has 0 radical (unpaired) electrons. The van der Waals surface area contributed by atoms with E-state index >= 15 is 0 Å². The van der Waals surface area contributed by atoms with E-state index in [0.717, 1.165) is 27.9 Å². The molecule has 1 unspecified atom stereocenters. The third-order valence-electron chi connectivity index (χ3n) is 4.05. The molecule has 2 aliphatic carbocycles. The van der Waals surface area contributed by atoms with Crippen LogP contribution in [0.1, 0.15) is 20.3 Å². The second-order valence-electron chi connectivity index (χ2n) is 5.57. The zero-order valence-electron chi connectivity index (χ0n) is 13.5. The van der Waals surface area contributed by atoms with Crippen molar-refractivity contribution in [3.05, 3.63) is 92.5 Å². The molecule has 0 spiro atoms. The van der Waals surface area contributed by atoms with Gasteiger partial charge in [0.15, 0.2) is 0 Å². The second-order valence-corrected chi connectivity index (χ2v) is 5.57. The molecule has 0 amide bonds. The van der Waals surface area contributed by atoms with Crippen molar-refractivity contribution < 1.29 is 0 Å². The van der Waals surface area contributed by atoms with Gasteiger partial charge in [0.1, 0.15) is 30.9 Å². The first-order valence-electron chi connectivity index (χ1n) is 7.36. The Bertz CT molecular complexity index is 904. The van der Waals surface area contributed by atoms with E-state index in [1.165, 1.54) is 0 Å². The zero-order chi connectivity index (χ0) is 17.7. The van der Waals surface area contributed by atoms with Crippen LogP contribution in [0.2, 0.25) is 0 Å². The van der Waals surface area contributed by atoms with Gasteiger partial charge in [-0.15, -0.1) is 0 Å². The summed E-state index contributed by atoms with van der Waals surface area (Å²) in [5.74, 6) is 0.0936. The van der Waals surface area contributed by atoms with Gasteiger partial charge in [0.2, 0.25) is 0 Å². The van der Waals surface area contributed by atoms with Crippen molar-refractivity contribution in [3.63, 3.8) is 0 Å². The van der Waals surface area contributed by atoms with E-state index in [4.69, 9.17) is 23.7 Å². The van der Waals surface area contributed by atoms with Crippen LogP contribution in [-0.4, -0.2) is 0 Å². The van der Waals surface area contributed by atoms with E-state index in [1.807, 2.05) is 56.4 Å². The van der Waals surface area contributed by atoms with Crippen molar-refractivity contribution in [3.8, 4) is 12.1 Å². The fourth-order valence-electron chi connectivity index (χ4n) is 2.82. The molecule has 1 atom stereocenters. The normalized spacial score (nSPS) is 18.9. The Morgan fingerprint density at radius 1 is 1.12 bits per heavy atom. The number of rotatable bonds is 1. The largest absolute Gasteiger partial charge is 0.522 e. The minimum absolute atomic E-state index is 0.0213. The summed E-state index contributed by atoms with van der Waals surface area (Å²) in [4.78, 5) is 6.54. The summed E-state index contributed by atoms with van der Waals surface area (Å²) in [7, 11) is 0. The van der Waals surface area contributed by atoms with Gasteiger partial charge in [0.25, 0.3) is 0 Å². The van der Waals surface area contributed by atoms with Crippen LogP contribution in [0.15, 0.2) is 69.6 Å². The Morgan fingerprint density at radius 3 is 2.29 bits per heavy atom. The highest BCUT2D eigenvalue weighted by Crippen LogP contribution is 2.34. The van der Waals surface area contributed by atoms with Crippen molar-refractivity contribution in [2.45, 2.75) is 20.3 Å². The fraction of sp³-hybridized carbons (Fsp3) is 0.200. The third-order valence-corrected chi connectivity index (χ3v) is 4.05. The van der Waals surface area contributed by atoms with Crippen molar-refractivity contribution in [1.29, 1.82) is 10.5 Å². The standard InChI is InChI=1S/C20H14N4/c1-13-9-15(5-7-19(13)17(11-21)12-22)18-8-6-16(10-14(18)2)20(23-3)24-4/h5-9,13H,10H2,1-2H3. The summed E-state index contributed by atoms with van der Waals surface area (Å²) in [6.07, 6.45) is 10.1. The highest BCUT2D eigenvalue weighted by atomic mass is 14.9. The van der Waals surface area contributed by atoms with Gasteiger partial charge < -0.3 is 0 Å². The maximum Gasteiger partial charge on any atom is 0.522 e. The van der Waals surface area contributed by atoms with Gasteiger partial charge in [-0.25, -0.2) is 0 Å². The zero-order valence-corrected chi connectivity index (χ0v) is 13.5. The van der Waals surface area contributed by atoms with Crippen molar-refractivity contribution in [1.82, 2.24) is 0 Å². The highest BCUT2D eigenvalue weighted by molar-refractivity contribution is 5.60. The van der Waals surface area contributed by atoms with Gasteiger partial charge in [-0.2, -0.15) is 20.2 Å². The Balaban J connectivity index is 2.38. The van der Waals surface area contributed by atoms with Crippen LogP contribution < -0.4 is 0 Å². The molecule has 0 bridgehead atoms. The van der Waals surface area contributed by atoms with Gasteiger partial charge in [-0.3, -0.25) is 0 Å². The Kier molecular flexibility index (Phi) is 4.96. The van der Waals surface area contributed by atoms with Crippen LogP contribution in [-0.2, 0) is 0 Å². The van der Waals surface area contributed by atoms with Crippen molar-refractivity contribution >= 4 is 0 Å². The highest BCUT2D eigenvalue weighted by Gasteiger charge is 2.21. The van der Waals surface area contributed by atoms with Gasteiger partial charge in [-0.1, -0.05) is 42.9 Å². The molecule has 0 N–H and O–H groups in total. The summed E-state index contributed by atoms with van der Waals surface area (Å²) in [6, 6.07) is 3.87. The number of allylic oxidation sites excluding steroid dienone is 11. The molecule has 0 saturated heterocycles. The summed E-state index contributed by atoms with van der Waals surface area (Å²) < 4.78 is 0. The Morgan fingerprint density at radius 2 is 1.79 bits per heavy atom. The molecular weight excluding hydrogens is 296 g/mol. The van der Waals surface area contributed by atoms with Crippen LogP contribution >= 0.6 is 0 Å². The molecule has 0 fully saturated rings. The van der Waals surface area contributed by atoms with E-state index in [1.54, 1.807) is 0 Å². The van der Waals surface area contributed by atoms with Crippen LogP contribution in [0.4, 0.5) is 0 Å². The summed E-state index contributed by atoms with van der Waals surface area (Å²) in [5, 5.41) is 18.0. The van der Waals surface area contributed by atoms with Crippen LogP contribution in [0.3, 0.4) is 0 Å². The molecule has 0 saturated carbocycles. The Hall–Kier alpha value is -3.60. The minimum Gasteiger partial charge on any atom is -0.192 e. The predicted molar refractivity (Wildman–Crippen MR) is 91.3 cm³/mol. The lowest BCUT2D eigenvalue weighted by Gasteiger charge is -2.20. The first-order chi connectivity index (χ1) is 11.5. The maximum atomic E-state index is 9.02. The monoisotopic (exact) mass is 310 g/mol. The van der Waals surface area contributed by atoms with Gasteiger partial charge in [0.05, 0.1) is 0 Å². The Labute approximate surface area is 142 Å². The molecule has 24 heavy (non-hydrogen) atoms. The smallest absolute Gasteiger partial charge is 0.192 e. The first kappa shape index (κ1) is 16.8. The van der Waals surface area contributed by atoms with Crippen molar-refractivity contribution in [2.75, 3.05) is 0 Å². The number of nitrogens with zero attached hydrogens (tertiary/aromatic N) is 4. The molecule has 4 heteroatoms. The molecular formula is C20H14N4. The van der Waals surface area contributed by atoms with E-state index in [-0.39, 0.29) is 17.3 Å². The minimum atomic E-state index is -0.0213. The predicted octanol–water partition coefficient (Wildman–Crippen LogP) is 4.79. The molecule has 0 aliphatic heterocycles. The van der Waals surface area contributed by atoms with Crippen LogP contribution in [0.25, 0.3) is 9.69 Å². The van der Waals surface area contributed by atoms with Crippen LogP contribution in [0, 0.1) is 41.7 Å². The molecule has 0 aromatic carbocycles. The van der Waals surface area contributed by atoms with E-state index in [9.17, 15) is 0 Å². The second kappa shape index (κ2) is 7.11. The van der Waals surface area contributed by atoms with Crippen LogP contribution in [0.5, 0.6) is 0 Å². The van der Waals surface area contributed by atoms with E-state index in [2.05, 4.69) is 9.69 Å². The summed E-state index contributed by atoms with van der Waals surface area (Å²) in [6.45, 7) is 18.1. The number of nitriles is 2. The lowest BCUT2D eigenvalue weighted by atomic mass is 9.83. The van der Waals surface area contributed by atoms with Gasteiger partial charge in [0, 0.05) is 11.5 Å². The van der Waals surface area contributed by atoms with E-state index < -0.39 is 0 Å². The van der Waals surface area contributed by atoms with E-state index in [0.29, 0.717) is 6.42 Å². The maximum absolute atomic E-state index is 9.02. The molecule has 2 aliphatic rings. The lowest BCUT2D eigenvalue weighted by molar-refractivity contribution is 0.868. The first-order valence-corrected chi connectivity index (χ1v) is 7.36. The molecule has 4 nitrogen and oxygen atoms in total. The molecule has 114 valence electrons. The average molecular weight is 310 g/mol. The topological polar surface area (TPSA) is 56.3 Å². The number of hydrogen-bond acceptors (Lipinski definition) is 2. The lowest BCUT2D eigenvalue weighted by Crippen LogP contribution is -2.05. The molecule has 0 aromatic heterocycles. The van der Waals surface area contributed by atoms with Gasteiger partial charge in [-0.05, 0) is 30.1 Å². The SMILES string of the molecule is [C-]#[N+]C([N+]#[C-])=C1C=CC(C2=CC(C)C(=C(C#N)C#N)C=C2)=C(C)C1. The molecule has 0 aromatic rings. The summed E-state index contributed by atoms with van der Waals surface area (Å²) in [5.41, 5.74) is 4.79. The quantitative estimate of drug-likeness (QED) is 0.516. The fourth-order valence-corrected chi connectivity index (χ4v) is 2.82.